The summed E-state index contributed by atoms with van der Waals surface area (Å²) in [6.07, 6.45) is 3.16. The van der Waals surface area contributed by atoms with Gasteiger partial charge in [0.15, 0.2) is 0 Å². The fraction of sp³-hybridized carbons (Fsp3) is 0.375. The molecule has 8 nitrogen and oxygen atoms in total. The minimum Gasteiger partial charge on any atom is -0.376 e. The fourth-order valence-electron chi connectivity index (χ4n) is 3.24. The highest BCUT2D eigenvalue weighted by molar-refractivity contribution is 7.25. The number of ether oxygens (including phenoxy) is 1. The van der Waals surface area contributed by atoms with Gasteiger partial charge in [-0.3, -0.25) is 18.7 Å². The van der Waals surface area contributed by atoms with Gasteiger partial charge in [0.2, 0.25) is 5.91 Å². The molecule has 130 valence electrons. The summed E-state index contributed by atoms with van der Waals surface area (Å²) >= 11 is 1.21. The van der Waals surface area contributed by atoms with Crippen LogP contribution in [-0.2, 0) is 22.6 Å². The number of aromatic nitrogens is 3. The Hall–Kier alpha value is -2.52. The maximum absolute atomic E-state index is 12.9. The molecule has 4 heterocycles. The Bertz CT molecular complexity index is 1090. The van der Waals surface area contributed by atoms with Gasteiger partial charge in [0.1, 0.15) is 16.1 Å². The first-order chi connectivity index (χ1) is 12.1. The van der Waals surface area contributed by atoms with Crippen molar-refractivity contribution in [3.63, 3.8) is 0 Å². The highest BCUT2D eigenvalue weighted by Gasteiger charge is 2.23. The summed E-state index contributed by atoms with van der Waals surface area (Å²) in [5, 5.41) is 0.669. The summed E-state index contributed by atoms with van der Waals surface area (Å²) in [4.78, 5) is 42.2. The van der Waals surface area contributed by atoms with Gasteiger partial charge < -0.3 is 10.5 Å². The lowest BCUT2D eigenvalue weighted by atomic mass is 10.2. The third-order valence-electron chi connectivity index (χ3n) is 4.34. The van der Waals surface area contributed by atoms with Crippen molar-refractivity contribution < 1.29 is 9.53 Å². The van der Waals surface area contributed by atoms with Crippen LogP contribution in [0.3, 0.4) is 0 Å². The van der Waals surface area contributed by atoms with E-state index >= 15 is 0 Å². The summed E-state index contributed by atoms with van der Waals surface area (Å²) < 4.78 is 8.37. The monoisotopic (exact) mass is 360 g/mol. The SMILES string of the molecule is NC(=O)Cn1c(=O)n(C[C@@H]2CCCO2)c(=O)c2sc3ncccc3c21. The van der Waals surface area contributed by atoms with Crippen molar-refractivity contribution in [2.24, 2.45) is 5.73 Å². The lowest BCUT2D eigenvalue weighted by molar-refractivity contribution is -0.118. The highest BCUT2D eigenvalue weighted by atomic mass is 32.1. The van der Waals surface area contributed by atoms with E-state index in [4.69, 9.17) is 10.5 Å². The van der Waals surface area contributed by atoms with E-state index in [1.54, 1.807) is 18.3 Å². The molecule has 1 atom stereocenters. The molecule has 1 fully saturated rings. The maximum Gasteiger partial charge on any atom is 0.332 e. The van der Waals surface area contributed by atoms with Crippen LogP contribution in [0.5, 0.6) is 0 Å². The van der Waals surface area contributed by atoms with Crippen molar-refractivity contribution in [3.05, 3.63) is 39.2 Å². The van der Waals surface area contributed by atoms with Gasteiger partial charge >= 0.3 is 5.69 Å². The number of carbonyl (C=O) groups is 1. The summed E-state index contributed by atoms with van der Waals surface area (Å²) in [6.45, 7) is 0.514. The van der Waals surface area contributed by atoms with Crippen molar-refractivity contribution in [2.45, 2.75) is 32.0 Å². The third kappa shape index (κ3) is 2.65. The molecule has 0 radical (unpaired) electrons. The standard InChI is InChI=1S/C16H16N4O4S/c17-11(21)8-19-12-10-4-1-5-18-14(10)25-13(12)15(22)20(16(19)23)7-9-3-2-6-24-9/h1,4-5,9H,2-3,6-8H2,(H2,17,21)/t9-/m0/s1. The van der Waals surface area contributed by atoms with Gasteiger partial charge in [-0.25, -0.2) is 9.78 Å². The van der Waals surface area contributed by atoms with E-state index in [1.165, 1.54) is 15.9 Å². The second-order valence-electron chi connectivity index (χ2n) is 6.02. The average Bonchev–Trinajstić information content (AvgIpc) is 3.22. The molecule has 0 aliphatic carbocycles. The van der Waals surface area contributed by atoms with Crippen molar-refractivity contribution in [1.29, 1.82) is 0 Å². The van der Waals surface area contributed by atoms with Crippen LogP contribution in [-0.4, -0.2) is 32.7 Å². The Morgan fingerprint density at radius 1 is 1.40 bits per heavy atom. The predicted molar refractivity (Wildman–Crippen MR) is 93.8 cm³/mol. The Labute approximate surface area is 145 Å². The van der Waals surface area contributed by atoms with E-state index < -0.39 is 11.6 Å². The second kappa shape index (κ2) is 6.08. The number of nitrogens with zero attached hydrogens (tertiary/aromatic N) is 3. The van der Waals surface area contributed by atoms with Gasteiger partial charge in [0.05, 0.1) is 18.2 Å². The second-order valence-corrected chi connectivity index (χ2v) is 7.02. The number of thiophene rings is 1. The molecule has 4 rings (SSSR count). The quantitative estimate of drug-likeness (QED) is 0.726. The molecule has 3 aromatic rings. The molecular formula is C16H16N4O4S. The molecule has 0 saturated carbocycles. The summed E-state index contributed by atoms with van der Waals surface area (Å²) in [7, 11) is 0. The largest absolute Gasteiger partial charge is 0.376 e. The lowest BCUT2D eigenvalue weighted by Crippen LogP contribution is -2.43. The van der Waals surface area contributed by atoms with Crippen molar-refractivity contribution in [1.82, 2.24) is 14.1 Å². The lowest BCUT2D eigenvalue weighted by Gasteiger charge is -2.14. The van der Waals surface area contributed by atoms with Crippen LogP contribution in [0.15, 0.2) is 27.9 Å². The molecule has 0 spiro atoms. The number of rotatable bonds is 4. The number of primary amides is 1. The number of amides is 1. The molecule has 1 amide bonds. The molecule has 0 bridgehead atoms. The number of pyridine rings is 1. The number of fused-ring (bicyclic) bond motifs is 3. The summed E-state index contributed by atoms with van der Waals surface area (Å²) in [6, 6.07) is 3.51. The van der Waals surface area contributed by atoms with Crippen LogP contribution in [0.4, 0.5) is 0 Å². The van der Waals surface area contributed by atoms with E-state index in [9.17, 15) is 14.4 Å². The van der Waals surface area contributed by atoms with Crippen LogP contribution in [0.25, 0.3) is 20.4 Å². The molecule has 25 heavy (non-hydrogen) atoms. The first-order valence-corrected chi connectivity index (χ1v) is 8.78. The van der Waals surface area contributed by atoms with E-state index in [0.29, 0.717) is 27.0 Å². The van der Waals surface area contributed by atoms with E-state index in [-0.39, 0.29) is 24.8 Å². The molecule has 3 aromatic heterocycles. The van der Waals surface area contributed by atoms with E-state index in [1.807, 2.05) is 0 Å². The molecule has 1 saturated heterocycles. The Morgan fingerprint density at radius 3 is 2.96 bits per heavy atom. The number of nitrogens with two attached hydrogens (primary N) is 1. The number of hydrogen-bond acceptors (Lipinski definition) is 6. The van der Waals surface area contributed by atoms with Crippen LogP contribution in [0, 0.1) is 0 Å². The van der Waals surface area contributed by atoms with Crippen LogP contribution in [0.1, 0.15) is 12.8 Å². The molecule has 1 aliphatic rings. The third-order valence-corrected chi connectivity index (χ3v) is 5.43. The Balaban J connectivity index is 2.03. The number of carbonyl (C=O) groups excluding carboxylic acids is 1. The number of hydrogen-bond donors (Lipinski definition) is 1. The molecule has 9 heteroatoms. The molecule has 1 aliphatic heterocycles. The summed E-state index contributed by atoms with van der Waals surface area (Å²) in [5.41, 5.74) is 4.83. The van der Waals surface area contributed by atoms with E-state index in [0.717, 1.165) is 17.4 Å². The predicted octanol–water partition coefficient (Wildman–Crippen LogP) is 0.437. The molecule has 0 unspecified atom stereocenters. The average molecular weight is 360 g/mol. The Kier molecular flexibility index (Phi) is 3.89. The van der Waals surface area contributed by atoms with Gasteiger partial charge in [-0.2, -0.15) is 0 Å². The zero-order chi connectivity index (χ0) is 17.6. The molecular weight excluding hydrogens is 344 g/mol. The van der Waals surface area contributed by atoms with Gasteiger partial charge in [-0.15, -0.1) is 11.3 Å². The molecule has 2 N–H and O–H groups in total. The van der Waals surface area contributed by atoms with Crippen molar-refractivity contribution in [2.75, 3.05) is 6.61 Å². The highest BCUT2D eigenvalue weighted by Crippen LogP contribution is 2.29. The smallest absolute Gasteiger partial charge is 0.332 e. The zero-order valence-corrected chi connectivity index (χ0v) is 14.1. The van der Waals surface area contributed by atoms with Gasteiger partial charge in [0, 0.05) is 18.2 Å². The van der Waals surface area contributed by atoms with Crippen LogP contribution < -0.4 is 17.0 Å². The zero-order valence-electron chi connectivity index (χ0n) is 13.3. The van der Waals surface area contributed by atoms with Crippen molar-refractivity contribution >= 4 is 37.7 Å². The summed E-state index contributed by atoms with van der Waals surface area (Å²) in [5.74, 6) is -0.644. The maximum atomic E-state index is 12.9. The topological polar surface area (TPSA) is 109 Å². The van der Waals surface area contributed by atoms with Crippen LogP contribution >= 0.6 is 11.3 Å². The van der Waals surface area contributed by atoms with Gasteiger partial charge in [0.25, 0.3) is 5.56 Å². The van der Waals surface area contributed by atoms with E-state index in [2.05, 4.69) is 4.98 Å². The fourth-order valence-corrected chi connectivity index (χ4v) is 4.33. The first kappa shape index (κ1) is 16.0. The van der Waals surface area contributed by atoms with Crippen LogP contribution in [0.2, 0.25) is 0 Å². The normalized spacial score (nSPS) is 17.5. The first-order valence-electron chi connectivity index (χ1n) is 7.97. The Morgan fingerprint density at radius 2 is 2.24 bits per heavy atom. The molecule has 0 aromatic carbocycles. The van der Waals surface area contributed by atoms with Crippen molar-refractivity contribution in [3.8, 4) is 0 Å². The minimum absolute atomic E-state index is 0.169. The van der Waals surface area contributed by atoms with Gasteiger partial charge in [-0.1, -0.05) is 0 Å². The minimum atomic E-state index is -0.644. The van der Waals surface area contributed by atoms with Gasteiger partial charge in [-0.05, 0) is 25.0 Å².